The minimum absolute atomic E-state index is 0.0202. The Hall–Kier alpha value is -9.16. The van der Waals surface area contributed by atoms with Gasteiger partial charge in [0.15, 0.2) is 0 Å². The van der Waals surface area contributed by atoms with E-state index >= 15 is 0 Å². The van der Waals surface area contributed by atoms with Crippen molar-refractivity contribution in [2.75, 3.05) is 24.6 Å². The molecule has 5 rings (SSSR count). The molecule has 2 aromatic carbocycles. The monoisotopic (exact) mass is 1170 g/mol. The number of primary amides is 2. The van der Waals surface area contributed by atoms with Gasteiger partial charge in [-0.25, -0.2) is 0 Å². The van der Waals surface area contributed by atoms with E-state index in [4.69, 9.17) is 11.5 Å². The molecule has 3 aliphatic rings. The summed E-state index contributed by atoms with van der Waals surface area (Å²) in [5.74, 6) is -18.0. The van der Waals surface area contributed by atoms with Gasteiger partial charge in [-0.15, -0.1) is 11.8 Å². The molecule has 0 radical (unpaired) electrons. The first kappa shape index (κ1) is 65.4. The topological polar surface area (TPSA) is 489 Å². The van der Waals surface area contributed by atoms with Crippen molar-refractivity contribution in [2.45, 2.75) is 125 Å². The van der Waals surface area contributed by atoms with Crippen molar-refractivity contribution >= 4 is 101 Å². The Morgan fingerprint density at radius 1 is 0.500 bits per heavy atom. The summed E-state index contributed by atoms with van der Waals surface area (Å²) in [4.78, 5) is 199. The van der Waals surface area contributed by atoms with Crippen LogP contribution in [-0.2, 0) is 91.2 Å². The molecule has 3 fully saturated rings. The zero-order valence-corrected chi connectivity index (χ0v) is 45.0. The number of nitrogens with one attached hydrogen (secondary N) is 10. The number of hydrogen-bond acceptors (Lipinski definition) is 16. The average Bonchev–Trinajstić information content (AvgIpc) is 3.47. The quantitative estimate of drug-likeness (QED) is 0.0785. The Labute approximate surface area is 472 Å². The third kappa shape index (κ3) is 23.3. The van der Waals surface area contributed by atoms with Gasteiger partial charge >= 0.3 is 17.9 Å². The molecule has 0 aliphatic carbocycles. The van der Waals surface area contributed by atoms with Gasteiger partial charge in [0.05, 0.1) is 31.6 Å². The number of carbonyl (C=O) groups excluding carboxylic acids is 12. The number of carboxylic acid groups (broad SMARTS) is 3. The summed E-state index contributed by atoms with van der Waals surface area (Å²) in [6.45, 7) is -0.980. The second-order valence-electron chi connectivity index (χ2n) is 19.1. The number of rotatable bonds is 14. The molecule has 2 bridgehead atoms. The van der Waals surface area contributed by atoms with Gasteiger partial charge in [0.25, 0.3) is 0 Å². The molecule has 30 nitrogen and oxygen atoms in total. The number of amides is 12. The minimum Gasteiger partial charge on any atom is -0.481 e. The summed E-state index contributed by atoms with van der Waals surface area (Å²) >= 11 is 0.783. The van der Waals surface area contributed by atoms with Gasteiger partial charge in [-0.1, -0.05) is 54.6 Å². The van der Waals surface area contributed by atoms with Gasteiger partial charge in [0.2, 0.25) is 70.9 Å². The molecule has 17 N–H and O–H groups in total. The zero-order chi connectivity index (χ0) is 60.5. The summed E-state index contributed by atoms with van der Waals surface area (Å²) in [5, 5.41) is 52.6. The van der Waals surface area contributed by atoms with Gasteiger partial charge < -0.3 is 80.0 Å². The van der Waals surface area contributed by atoms with E-state index in [0.29, 0.717) is 11.1 Å². The van der Waals surface area contributed by atoms with E-state index in [1.807, 2.05) is 0 Å². The van der Waals surface area contributed by atoms with Crippen molar-refractivity contribution in [3.8, 4) is 0 Å². The van der Waals surface area contributed by atoms with Crippen LogP contribution in [-0.4, -0.2) is 177 Å². The molecule has 0 saturated carbocycles. The second kappa shape index (κ2) is 32.8. The molecular formula is C51H66N12O18S. The highest BCUT2D eigenvalue weighted by molar-refractivity contribution is 8.00. The molecule has 0 unspecified atom stereocenters. The van der Waals surface area contributed by atoms with Crippen LogP contribution in [0.4, 0.5) is 0 Å². The predicted octanol–water partition coefficient (Wildman–Crippen LogP) is -5.38. The van der Waals surface area contributed by atoms with Crippen LogP contribution in [0.5, 0.6) is 0 Å². The highest BCUT2D eigenvalue weighted by Gasteiger charge is 2.36. The molecule has 0 spiro atoms. The summed E-state index contributed by atoms with van der Waals surface area (Å²) in [7, 11) is 0. The van der Waals surface area contributed by atoms with E-state index in [0.717, 1.165) is 11.8 Å². The number of hydrogen-bond donors (Lipinski definition) is 15. The molecule has 12 amide bonds. The van der Waals surface area contributed by atoms with Crippen molar-refractivity contribution < 1.29 is 87.2 Å². The lowest BCUT2D eigenvalue weighted by molar-refractivity contribution is -0.142. The highest BCUT2D eigenvalue weighted by Crippen LogP contribution is 2.13. The Morgan fingerprint density at radius 2 is 1.05 bits per heavy atom. The molecule has 2 aromatic rings. The van der Waals surface area contributed by atoms with E-state index < -0.39 is 201 Å². The van der Waals surface area contributed by atoms with Crippen LogP contribution in [0.2, 0.25) is 0 Å². The van der Waals surface area contributed by atoms with Crippen LogP contribution in [0.1, 0.15) is 74.5 Å². The van der Waals surface area contributed by atoms with Crippen molar-refractivity contribution in [3.63, 3.8) is 0 Å². The van der Waals surface area contributed by atoms with Gasteiger partial charge in [-0.3, -0.25) is 71.9 Å². The van der Waals surface area contributed by atoms with Crippen LogP contribution in [0.3, 0.4) is 0 Å². The standard InChI is InChI=1S/C51H66N12O18S/c52-37(64)21-34-50(80)59-31-13-15-38(65)54-17-5-4-8-29(56-40(67)25-82-24-36(44(53)74)63-47(31)77)46(76)60-33(18-26-6-2-1-3-7-26)49(79)58-30(14-16-41(68)69)45(75)55-23-39(66)57-32(19-27-9-11-28(12-10-27)20-42(70)71)48(78)62-35(22-43(72)73)51(81)61-34/h1-3,6-7,9-12,29-36H,4-5,8,13-25H2,(H2,52,64)(H2,53,74)(H,54,65)(H,55,75)(H,56,67)(H,57,66)(H,58,79)(H,59,80)(H,60,76)(H,61,81)(H,62,78)(H,63,77)(H,68,69)(H,70,71)(H,72,73)/t29-,30-,31-,32-,33-,34-,35-,36-/m0/s1. The zero-order valence-electron chi connectivity index (χ0n) is 44.2. The Balaban J connectivity index is 1.83. The number of thioether (sulfide) groups is 1. The predicted molar refractivity (Wildman–Crippen MR) is 286 cm³/mol. The van der Waals surface area contributed by atoms with Crippen molar-refractivity contribution in [3.05, 3.63) is 71.3 Å². The minimum atomic E-state index is -2.11. The number of carbonyl (C=O) groups is 15. The molecule has 8 atom stereocenters. The highest BCUT2D eigenvalue weighted by atomic mass is 32.2. The van der Waals surface area contributed by atoms with E-state index in [1.54, 1.807) is 30.3 Å². The molecule has 444 valence electrons. The second-order valence-corrected chi connectivity index (χ2v) is 20.1. The van der Waals surface area contributed by atoms with Crippen LogP contribution in [0, 0.1) is 0 Å². The summed E-state index contributed by atoms with van der Waals surface area (Å²) in [6.07, 6.45) is -5.16. The van der Waals surface area contributed by atoms with Crippen molar-refractivity contribution in [1.29, 1.82) is 0 Å². The van der Waals surface area contributed by atoms with Crippen molar-refractivity contribution in [1.82, 2.24) is 53.2 Å². The fourth-order valence-corrected chi connectivity index (χ4v) is 9.15. The van der Waals surface area contributed by atoms with E-state index in [9.17, 15) is 87.2 Å². The molecule has 3 saturated heterocycles. The summed E-state index contributed by atoms with van der Waals surface area (Å²) in [6, 6.07) is 0.127. The molecule has 3 heterocycles. The van der Waals surface area contributed by atoms with Crippen LogP contribution < -0.4 is 64.6 Å². The summed E-state index contributed by atoms with van der Waals surface area (Å²) in [5.41, 5.74) is 12.1. The molecule has 31 heteroatoms. The van der Waals surface area contributed by atoms with E-state index in [2.05, 4.69) is 53.2 Å². The number of fused-ring (bicyclic) bond motifs is 33. The van der Waals surface area contributed by atoms with Crippen LogP contribution in [0.15, 0.2) is 54.6 Å². The number of benzene rings is 2. The molecular weight excluding hydrogens is 1100 g/mol. The average molecular weight is 1170 g/mol. The van der Waals surface area contributed by atoms with Gasteiger partial charge in [0, 0.05) is 38.0 Å². The first-order valence-corrected chi connectivity index (χ1v) is 26.9. The third-order valence-electron chi connectivity index (χ3n) is 12.5. The Morgan fingerprint density at radius 3 is 1.66 bits per heavy atom. The summed E-state index contributed by atoms with van der Waals surface area (Å²) < 4.78 is 0. The molecule has 0 aromatic heterocycles. The van der Waals surface area contributed by atoms with Gasteiger partial charge in [0.1, 0.15) is 48.3 Å². The maximum absolute atomic E-state index is 14.3. The normalized spacial score (nSPS) is 24.0. The lowest BCUT2D eigenvalue weighted by Gasteiger charge is -2.27. The SMILES string of the molecule is NC(=O)C[C@@H]1NC(=O)[C@H](CC(=O)O)NC(=O)[C@H](Cc2ccc(CC(=O)O)cc2)NC(=O)CNC(=O)[C@H](CCC(=O)O)NC(=O)[C@H](Cc2ccccc2)NC(=O)[C@@H]2CCCCNC(=O)CC[C@H](NC1=O)C(=O)N[C@H](C(N)=O)CSCC(=O)N2. The van der Waals surface area contributed by atoms with Crippen LogP contribution >= 0.6 is 11.8 Å². The lowest BCUT2D eigenvalue weighted by Crippen LogP contribution is -2.60. The van der Waals surface area contributed by atoms with E-state index in [-0.39, 0.29) is 43.5 Å². The van der Waals surface area contributed by atoms with Crippen LogP contribution in [0.25, 0.3) is 0 Å². The number of nitrogens with two attached hydrogens (primary N) is 2. The molecule has 82 heavy (non-hydrogen) atoms. The maximum Gasteiger partial charge on any atom is 0.307 e. The van der Waals surface area contributed by atoms with E-state index in [1.165, 1.54) is 24.3 Å². The first-order chi connectivity index (χ1) is 38.9. The number of aliphatic carboxylic acids is 3. The lowest BCUT2D eigenvalue weighted by atomic mass is 10.0. The Kier molecular flexibility index (Phi) is 26.1. The fraction of sp³-hybridized carbons (Fsp3) is 0.471. The fourth-order valence-electron chi connectivity index (χ4n) is 8.28. The third-order valence-corrected chi connectivity index (χ3v) is 13.5. The van der Waals surface area contributed by atoms with Gasteiger partial charge in [-0.05, 0) is 48.8 Å². The smallest absolute Gasteiger partial charge is 0.307 e. The molecule has 3 aliphatic heterocycles. The Bertz CT molecular complexity index is 2720. The first-order valence-electron chi connectivity index (χ1n) is 25.7. The van der Waals surface area contributed by atoms with Crippen molar-refractivity contribution in [2.24, 2.45) is 11.5 Å². The van der Waals surface area contributed by atoms with Gasteiger partial charge in [-0.2, -0.15) is 0 Å². The maximum atomic E-state index is 14.3. The number of carboxylic acids is 3. The largest absolute Gasteiger partial charge is 0.481 e.